The SMILES string of the molecule is CSCCC1NCCCCCCCCNC(=O)C(Cc2c[nH]c3ccccc23)n2nnnc21. The van der Waals surface area contributed by atoms with Crippen molar-refractivity contribution in [1.82, 2.24) is 35.8 Å². The van der Waals surface area contributed by atoms with Gasteiger partial charge in [-0.15, -0.1) is 5.10 Å². The molecule has 178 valence electrons. The van der Waals surface area contributed by atoms with Gasteiger partial charge in [-0.3, -0.25) is 4.79 Å². The number of carbonyl (C=O) groups excluding carboxylic acids is 1. The lowest BCUT2D eigenvalue weighted by atomic mass is 10.0. The lowest BCUT2D eigenvalue weighted by Crippen LogP contribution is -2.37. The van der Waals surface area contributed by atoms with E-state index in [-0.39, 0.29) is 11.9 Å². The first-order valence-electron chi connectivity index (χ1n) is 12.1. The van der Waals surface area contributed by atoms with Gasteiger partial charge in [0, 0.05) is 30.1 Å². The monoisotopic (exact) mass is 469 g/mol. The minimum atomic E-state index is -0.502. The maximum absolute atomic E-state index is 13.4. The number of aromatic amines is 1. The standard InChI is InChI=1S/C24H35N7OS/c1-33-15-12-21-23-28-29-30-31(23)22(16-18-17-27-20-11-7-6-10-19(18)20)24(32)26-14-9-5-3-2-4-8-13-25-21/h6-7,10-11,17,21-22,25,27H,2-5,8-9,12-16H2,1H3,(H,26,32). The first kappa shape index (κ1) is 23.8. The maximum Gasteiger partial charge on any atom is 0.245 e. The van der Waals surface area contributed by atoms with Crippen molar-refractivity contribution >= 4 is 28.6 Å². The van der Waals surface area contributed by atoms with Crippen LogP contribution in [0.3, 0.4) is 0 Å². The molecule has 0 saturated heterocycles. The summed E-state index contributed by atoms with van der Waals surface area (Å²) in [6, 6.07) is 7.71. The van der Waals surface area contributed by atoms with Gasteiger partial charge in [0.1, 0.15) is 6.04 Å². The fourth-order valence-corrected chi connectivity index (χ4v) is 5.04. The lowest BCUT2D eigenvalue weighted by Gasteiger charge is -2.22. The zero-order valence-electron chi connectivity index (χ0n) is 19.4. The van der Waals surface area contributed by atoms with Crippen LogP contribution in [0.15, 0.2) is 30.5 Å². The van der Waals surface area contributed by atoms with Gasteiger partial charge in [-0.2, -0.15) is 11.8 Å². The molecule has 2 aromatic heterocycles. The third-order valence-corrected chi connectivity index (χ3v) is 7.06. The third-order valence-electron chi connectivity index (χ3n) is 6.42. The normalized spacial score (nSPS) is 21.2. The minimum absolute atomic E-state index is 0.0210. The van der Waals surface area contributed by atoms with Gasteiger partial charge in [0.2, 0.25) is 5.91 Å². The van der Waals surface area contributed by atoms with Gasteiger partial charge in [-0.25, -0.2) is 4.68 Å². The van der Waals surface area contributed by atoms with Crippen molar-refractivity contribution in [2.24, 2.45) is 0 Å². The summed E-state index contributed by atoms with van der Waals surface area (Å²) in [5.74, 6) is 1.73. The predicted molar refractivity (Wildman–Crippen MR) is 133 cm³/mol. The number of amides is 1. The third kappa shape index (κ3) is 6.14. The number of nitrogens with one attached hydrogen (secondary N) is 3. The van der Waals surface area contributed by atoms with E-state index < -0.39 is 6.04 Å². The summed E-state index contributed by atoms with van der Waals surface area (Å²) in [5.41, 5.74) is 2.17. The highest BCUT2D eigenvalue weighted by atomic mass is 32.2. The Bertz CT molecular complexity index is 1020. The molecule has 0 aliphatic carbocycles. The topological polar surface area (TPSA) is 101 Å². The average molecular weight is 470 g/mol. The number of rotatable bonds is 5. The molecule has 8 nitrogen and oxygen atoms in total. The van der Waals surface area contributed by atoms with Gasteiger partial charge in [0.25, 0.3) is 0 Å². The number of hydrogen-bond donors (Lipinski definition) is 3. The summed E-state index contributed by atoms with van der Waals surface area (Å²) in [6.45, 7) is 1.63. The van der Waals surface area contributed by atoms with Gasteiger partial charge in [0.15, 0.2) is 5.82 Å². The number of benzene rings is 1. The van der Waals surface area contributed by atoms with Crippen molar-refractivity contribution in [2.45, 2.75) is 63.5 Å². The number of hydrogen-bond acceptors (Lipinski definition) is 6. The molecule has 1 aliphatic rings. The molecule has 0 saturated carbocycles. The second kappa shape index (κ2) is 12.2. The maximum atomic E-state index is 13.4. The van der Waals surface area contributed by atoms with E-state index in [2.05, 4.69) is 49.5 Å². The van der Waals surface area contributed by atoms with E-state index in [9.17, 15) is 4.79 Å². The van der Waals surface area contributed by atoms with Gasteiger partial charge < -0.3 is 15.6 Å². The Morgan fingerprint density at radius 2 is 1.88 bits per heavy atom. The molecule has 1 amide bonds. The number of para-hydroxylation sites is 1. The van der Waals surface area contributed by atoms with Gasteiger partial charge in [0.05, 0.1) is 6.04 Å². The first-order chi connectivity index (χ1) is 16.3. The summed E-state index contributed by atoms with van der Waals surface area (Å²) in [5, 5.41) is 20.7. The highest BCUT2D eigenvalue weighted by Gasteiger charge is 2.29. The van der Waals surface area contributed by atoms with E-state index in [0.29, 0.717) is 13.0 Å². The summed E-state index contributed by atoms with van der Waals surface area (Å²) >= 11 is 1.82. The van der Waals surface area contributed by atoms with Gasteiger partial charge >= 0.3 is 0 Å². The van der Waals surface area contributed by atoms with Gasteiger partial charge in [-0.05, 0) is 59.9 Å². The molecule has 0 radical (unpaired) electrons. The molecule has 3 heterocycles. The van der Waals surface area contributed by atoms with Crippen LogP contribution in [0.5, 0.6) is 0 Å². The molecule has 2 unspecified atom stereocenters. The van der Waals surface area contributed by atoms with Crippen LogP contribution in [-0.4, -0.2) is 56.2 Å². The second-order valence-electron chi connectivity index (χ2n) is 8.76. The summed E-state index contributed by atoms with van der Waals surface area (Å²) in [4.78, 5) is 16.8. The number of H-pyrrole nitrogens is 1. The van der Waals surface area contributed by atoms with Crippen molar-refractivity contribution in [2.75, 3.05) is 25.1 Å². The number of fused-ring (bicyclic) bond motifs is 2. The summed E-state index contributed by atoms with van der Waals surface area (Å²) in [6.07, 6.45) is 12.5. The van der Waals surface area contributed by atoms with Crippen LogP contribution in [0, 0.1) is 0 Å². The fraction of sp³-hybridized carbons (Fsp3) is 0.583. The Morgan fingerprint density at radius 1 is 1.09 bits per heavy atom. The van der Waals surface area contributed by atoms with Crippen LogP contribution in [0.4, 0.5) is 0 Å². The summed E-state index contributed by atoms with van der Waals surface area (Å²) < 4.78 is 1.76. The molecule has 9 heteroatoms. The minimum Gasteiger partial charge on any atom is -0.361 e. The van der Waals surface area contributed by atoms with Gasteiger partial charge in [-0.1, -0.05) is 43.9 Å². The molecule has 3 aromatic rings. The predicted octanol–water partition coefficient (Wildman–Crippen LogP) is 3.79. The number of tetrazole rings is 1. The fourth-order valence-electron chi connectivity index (χ4n) is 4.57. The smallest absolute Gasteiger partial charge is 0.245 e. The van der Waals surface area contributed by atoms with E-state index in [1.165, 1.54) is 19.3 Å². The Kier molecular flexibility index (Phi) is 8.77. The largest absolute Gasteiger partial charge is 0.361 e. The molecular weight excluding hydrogens is 434 g/mol. The molecule has 33 heavy (non-hydrogen) atoms. The molecule has 1 aromatic carbocycles. The van der Waals surface area contributed by atoms with Crippen LogP contribution in [0.2, 0.25) is 0 Å². The zero-order valence-corrected chi connectivity index (χ0v) is 20.2. The first-order valence-corrected chi connectivity index (χ1v) is 13.5. The molecule has 2 atom stereocenters. The van der Waals surface area contributed by atoms with Crippen LogP contribution in [0.25, 0.3) is 10.9 Å². The van der Waals surface area contributed by atoms with E-state index in [4.69, 9.17) is 0 Å². The van der Waals surface area contributed by atoms with Crippen molar-refractivity contribution in [3.8, 4) is 0 Å². The van der Waals surface area contributed by atoms with Crippen LogP contribution in [0.1, 0.15) is 68.4 Å². The lowest BCUT2D eigenvalue weighted by molar-refractivity contribution is -0.124. The number of aromatic nitrogens is 5. The van der Waals surface area contributed by atoms with Crippen molar-refractivity contribution < 1.29 is 4.79 Å². The average Bonchev–Trinajstić information content (AvgIpc) is 3.47. The van der Waals surface area contributed by atoms with E-state index in [0.717, 1.165) is 60.3 Å². The summed E-state index contributed by atoms with van der Waals surface area (Å²) in [7, 11) is 0. The molecule has 0 bridgehead atoms. The Hall–Kier alpha value is -2.39. The molecular formula is C24H35N7OS. The van der Waals surface area contributed by atoms with Crippen molar-refractivity contribution in [3.63, 3.8) is 0 Å². The number of carbonyl (C=O) groups is 1. The Balaban J connectivity index is 1.65. The number of nitrogens with zero attached hydrogens (tertiary/aromatic N) is 4. The Morgan fingerprint density at radius 3 is 2.73 bits per heavy atom. The van der Waals surface area contributed by atoms with Crippen LogP contribution < -0.4 is 10.6 Å². The zero-order chi connectivity index (χ0) is 22.9. The highest BCUT2D eigenvalue weighted by molar-refractivity contribution is 7.98. The second-order valence-corrected chi connectivity index (χ2v) is 9.75. The molecule has 0 fully saturated rings. The van der Waals surface area contributed by atoms with E-state index >= 15 is 0 Å². The van der Waals surface area contributed by atoms with Crippen molar-refractivity contribution in [1.29, 1.82) is 0 Å². The molecule has 0 spiro atoms. The molecule has 4 rings (SSSR count). The van der Waals surface area contributed by atoms with Crippen LogP contribution in [-0.2, 0) is 11.2 Å². The van der Waals surface area contributed by atoms with Crippen molar-refractivity contribution in [3.05, 3.63) is 41.9 Å². The quantitative estimate of drug-likeness (QED) is 0.526. The number of thioether (sulfide) groups is 1. The van der Waals surface area contributed by atoms with Crippen LogP contribution >= 0.6 is 11.8 Å². The van der Waals surface area contributed by atoms with E-state index in [1.54, 1.807) is 4.68 Å². The molecule has 1 aliphatic heterocycles. The highest BCUT2D eigenvalue weighted by Crippen LogP contribution is 2.26. The molecule has 3 N–H and O–H groups in total. The Labute approximate surface area is 199 Å². The van der Waals surface area contributed by atoms with E-state index in [1.807, 2.05) is 30.1 Å².